The molecular weight excluding hydrogens is 290 g/mol. The summed E-state index contributed by atoms with van der Waals surface area (Å²) < 4.78 is 27.4. The lowest BCUT2D eigenvalue weighted by Gasteiger charge is -2.08. The van der Waals surface area contributed by atoms with Crippen molar-refractivity contribution in [2.24, 2.45) is 0 Å². The van der Waals surface area contributed by atoms with Crippen LogP contribution in [-0.4, -0.2) is 37.2 Å². The van der Waals surface area contributed by atoms with Crippen molar-refractivity contribution in [1.82, 2.24) is 25.2 Å². The normalized spacial score (nSPS) is 11.7. The van der Waals surface area contributed by atoms with E-state index in [1.165, 1.54) is 0 Å². The lowest BCUT2D eigenvalue weighted by molar-refractivity contribution is 0.579. The van der Waals surface area contributed by atoms with Crippen LogP contribution < -0.4 is 10.0 Å². The quantitative estimate of drug-likeness (QED) is 0.685. The van der Waals surface area contributed by atoms with Crippen LogP contribution in [-0.2, 0) is 23.0 Å². The number of aromatic amines is 1. The van der Waals surface area contributed by atoms with Crippen molar-refractivity contribution < 1.29 is 8.42 Å². The van der Waals surface area contributed by atoms with Gasteiger partial charge < -0.3 is 5.32 Å². The molecule has 114 valence electrons. The van der Waals surface area contributed by atoms with Crippen LogP contribution in [0.15, 0.2) is 29.4 Å². The molecule has 2 aromatic heterocycles. The predicted octanol–water partition coefficient (Wildman–Crippen LogP) is 0.354. The van der Waals surface area contributed by atoms with Crippen LogP contribution in [0.25, 0.3) is 0 Å². The van der Waals surface area contributed by atoms with Crippen molar-refractivity contribution in [2.75, 3.05) is 13.6 Å². The second-order valence-corrected chi connectivity index (χ2v) is 6.37. The van der Waals surface area contributed by atoms with Gasteiger partial charge in [0.05, 0.1) is 11.4 Å². The summed E-state index contributed by atoms with van der Waals surface area (Å²) >= 11 is 0. The average Bonchev–Trinajstić information content (AvgIpc) is 2.82. The summed E-state index contributed by atoms with van der Waals surface area (Å²) in [7, 11) is -1.83. The van der Waals surface area contributed by atoms with E-state index >= 15 is 0 Å². The molecule has 8 heteroatoms. The Morgan fingerprint density at radius 1 is 1.38 bits per heavy atom. The van der Waals surface area contributed by atoms with E-state index in [9.17, 15) is 8.42 Å². The number of nitrogens with zero attached hydrogens (tertiary/aromatic N) is 2. The van der Waals surface area contributed by atoms with Crippen LogP contribution in [0.3, 0.4) is 0 Å². The maximum Gasteiger partial charge on any atom is 0.244 e. The fourth-order valence-corrected chi connectivity index (χ4v) is 3.45. The van der Waals surface area contributed by atoms with Crippen LogP contribution >= 0.6 is 0 Å². The molecule has 0 atom stereocenters. The van der Waals surface area contributed by atoms with Gasteiger partial charge in [0.25, 0.3) is 0 Å². The largest absolute Gasteiger partial charge is 0.314 e. The highest BCUT2D eigenvalue weighted by molar-refractivity contribution is 7.89. The lowest BCUT2D eigenvalue weighted by Crippen LogP contribution is -2.27. The Kier molecular flexibility index (Phi) is 5.05. The third-order valence-corrected chi connectivity index (χ3v) is 4.67. The van der Waals surface area contributed by atoms with E-state index in [1.807, 2.05) is 12.1 Å². The van der Waals surface area contributed by atoms with Gasteiger partial charge in [-0.15, -0.1) is 0 Å². The third-order valence-electron chi connectivity index (χ3n) is 3.00. The monoisotopic (exact) mass is 309 g/mol. The number of hydrogen-bond acceptors (Lipinski definition) is 5. The molecule has 0 bridgehead atoms. The van der Waals surface area contributed by atoms with Gasteiger partial charge in [0, 0.05) is 25.5 Å². The summed E-state index contributed by atoms with van der Waals surface area (Å²) in [5, 5.41) is 9.65. The lowest BCUT2D eigenvalue weighted by atomic mass is 10.2. The molecule has 2 heterocycles. The summed E-state index contributed by atoms with van der Waals surface area (Å²) in [4.78, 5) is 4.23. The molecule has 7 nitrogen and oxygen atoms in total. The molecule has 0 saturated carbocycles. The molecule has 3 N–H and O–H groups in total. The standard InChI is InChI=1S/C13H19N5O2S/c1-10-13(12(9-14-2)18-17-10)21(19,20)16-7-5-11-4-3-6-15-8-11/h3-4,6,8,14,16H,5,7,9H2,1-2H3,(H,17,18). The Balaban J connectivity index is 2.07. The average molecular weight is 309 g/mol. The summed E-state index contributed by atoms with van der Waals surface area (Å²) in [6.45, 7) is 2.41. The Morgan fingerprint density at radius 2 is 2.19 bits per heavy atom. The van der Waals surface area contributed by atoms with Crippen molar-refractivity contribution in [3.8, 4) is 0 Å². The van der Waals surface area contributed by atoms with Crippen LogP contribution in [0.2, 0.25) is 0 Å². The molecule has 0 aliphatic carbocycles. The Labute approximate surface area is 124 Å². The van der Waals surface area contributed by atoms with Gasteiger partial charge in [-0.25, -0.2) is 13.1 Å². The molecule has 0 aliphatic heterocycles. The second-order valence-electron chi connectivity index (χ2n) is 4.66. The maximum atomic E-state index is 12.4. The SMILES string of the molecule is CNCc1n[nH]c(C)c1S(=O)(=O)NCCc1cccnc1. The molecule has 0 spiro atoms. The zero-order valence-corrected chi connectivity index (χ0v) is 12.9. The van der Waals surface area contributed by atoms with Crippen LogP contribution in [0.5, 0.6) is 0 Å². The molecule has 2 aromatic rings. The van der Waals surface area contributed by atoms with E-state index in [4.69, 9.17) is 0 Å². The highest BCUT2D eigenvalue weighted by Crippen LogP contribution is 2.17. The smallest absolute Gasteiger partial charge is 0.244 e. The second kappa shape index (κ2) is 6.79. The van der Waals surface area contributed by atoms with Crippen molar-refractivity contribution in [2.45, 2.75) is 24.8 Å². The van der Waals surface area contributed by atoms with Gasteiger partial charge in [0.15, 0.2) is 0 Å². The zero-order valence-electron chi connectivity index (χ0n) is 12.0. The first-order valence-corrected chi connectivity index (χ1v) is 8.10. The summed E-state index contributed by atoms with van der Waals surface area (Å²) in [5.41, 5.74) is 2.01. The number of pyridine rings is 1. The minimum Gasteiger partial charge on any atom is -0.314 e. The maximum absolute atomic E-state index is 12.4. The highest BCUT2D eigenvalue weighted by Gasteiger charge is 2.23. The summed E-state index contributed by atoms with van der Waals surface area (Å²) in [6.07, 6.45) is 4.00. The molecule has 0 radical (unpaired) electrons. The van der Waals surface area contributed by atoms with Gasteiger partial charge in [-0.2, -0.15) is 5.10 Å². The zero-order chi connectivity index (χ0) is 15.3. The molecule has 0 fully saturated rings. The summed E-state index contributed by atoms with van der Waals surface area (Å²) in [5.74, 6) is 0. The number of rotatable bonds is 7. The Hall–Kier alpha value is -1.77. The van der Waals surface area contributed by atoms with Crippen molar-refractivity contribution in [1.29, 1.82) is 0 Å². The van der Waals surface area contributed by atoms with Gasteiger partial charge in [-0.3, -0.25) is 10.1 Å². The number of H-pyrrole nitrogens is 1. The minimum atomic E-state index is -3.57. The number of sulfonamides is 1. The van der Waals surface area contributed by atoms with E-state index in [1.54, 1.807) is 26.4 Å². The van der Waals surface area contributed by atoms with E-state index in [0.717, 1.165) is 5.56 Å². The van der Waals surface area contributed by atoms with Crippen molar-refractivity contribution in [3.05, 3.63) is 41.5 Å². The fourth-order valence-electron chi connectivity index (χ4n) is 2.06. The van der Waals surface area contributed by atoms with E-state index in [0.29, 0.717) is 30.9 Å². The van der Waals surface area contributed by atoms with E-state index < -0.39 is 10.0 Å². The Morgan fingerprint density at radius 3 is 2.86 bits per heavy atom. The topological polar surface area (TPSA) is 99.8 Å². The number of aryl methyl sites for hydroxylation is 1. The first kappa shape index (κ1) is 15.6. The molecular formula is C13H19N5O2S. The molecule has 0 unspecified atom stereocenters. The van der Waals surface area contributed by atoms with E-state index in [-0.39, 0.29) is 4.90 Å². The van der Waals surface area contributed by atoms with Gasteiger partial charge in [0.1, 0.15) is 4.90 Å². The first-order valence-electron chi connectivity index (χ1n) is 6.61. The van der Waals surface area contributed by atoms with Gasteiger partial charge in [-0.05, 0) is 32.0 Å². The third kappa shape index (κ3) is 3.87. The van der Waals surface area contributed by atoms with E-state index in [2.05, 4.69) is 25.2 Å². The first-order chi connectivity index (χ1) is 10.0. The molecule has 0 amide bonds. The minimum absolute atomic E-state index is 0.225. The highest BCUT2D eigenvalue weighted by atomic mass is 32.2. The predicted molar refractivity (Wildman–Crippen MR) is 79.2 cm³/mol. The molecule has 0 aromatic carbocycles. The van der Waals surface area contributed by atoms with Crippen molar-refractivity contribution >= 4 is 10.0 Å². The van der Waals surface area contributed by atoms with Crippen LogP contribution in [0, 0.1) is 6.92 Å². The van der Waals surface area contributed by atoms with Crippen molar-refractivity contribution in [3.63, 3.8) is 0 Å². The number of nitrogens with one attached hydrogen (secondary N) is 3. The fraction of sp³-hybridized carbons (Fsp3) is 0.385. The number of aromatic nitrogens is 3. The molecule has 0 saturated heterocycles. The summed E-state index contributed by atoms with van der Waals surface area (Å²) in [6, 6.07) is 3.74. The van der Waals surface area contributed by atoms with Crippen LogP contribution in [0.4, 0.5) is 0 Å². The molecule has 21 heavy (non-hydrogen) atoms. The molecule has 0 aliphatic rings. The van der Waals surface area contributed by atoms with Crippen LogP contribution in [0.1, 0.15) is 17.0 Å². The Bertz CT molecular complexity index is 682. The molecule has 2 rings (SSSR count). The van der Waals surface area contributed by atoms with Gasteiger partial charge in [-0.1, -0.05) is 6.07 Å². The van der Waals surface area contributed by atoms with Gasteiger partial charge in [0.2, 0.25) is 10.0 Å². The van der Waals surface area contributed by atoms with Gasteiger partial charge >= 0.3 is 0 Å². The number of hydrogen-bond donors (Lipinski definition) is 3.